The number of hydrogen-bond acceptors (Lipinski definition) is 4. The van der Waals surface area contributed by atoms with Crippen LogP contribution in [0, 0.1) is 0 Å². The number of likely N-dealkylation sites (tertiary alicyclic amines) is 1. The lowest BCUT2D eigenvalue weighted by Crippen LogP contribution is -2.41. The van der Waals surface area contributed by atoms with E-state index < -0.39 is 18.1 Å². The van der Waals surface area contributed by atoms with Crippen LogP contribution in [0.25, 0.3) is 0 Å². The SMILES string of the molecule is CCn1nc(C(C)C)cc1C(=O)N1CC(O)CC1C(=O)O. The molecule has 2 N–H and O–H groups in total. The van der Waals surface area contributed by atoms with Crippen LogP contribution < -0.4 is 0 Å². The highest BCUT2D eigenvalue weighted by atomic mass is 16.4. The number of carbonyl (C=O) groups excluding carboxylic acids is 1. The fraction of sp³-hybridized carbons (Fsp3) is 0.643. The van der Waals surface area contributed by atoms with Gasteiger partial charge < -0.3 is 15.1 Å². The molecular formula is C14H21N3O4. The van der Waals surface area contributed by atoms with E-state index in [1.54, 1.807) is 10.7 Å². The van der Waals surface area contributed by atoms with Crippen LogP contribution in [0.5, 0.6) is 0 Å². The summed E-state index contributed by atoms with van der Waals surface area (Å²) in [5.74, 6) is -1.30. The Labute approximate surface area is 123 Å². The number of amides is 1. The van der Waals surface area contributed by atoms with E-state index in [1.807, 2.05) is 20.8 Å². The number of aliphatic hydroxyl groups excluding tert-OH is 1. The average Bonchev–Trinajstić information content (AvgIpc) is 3.01. The summed E-state index contributed by atoms with van der Waals surface area (Å²) in [5.41, 5.74) is 1.17. The molecule has 7 heteroatoms. The fourth-order valence-electron chi connectivity index (χ4n) is 2.55. The second-order valence-electron chi connectivity index (χ2n) is 5.63. The third-order valence-corrected chi connectivity index (χ3v) is 3.73. The molecule has 1 fully saturated rings. The molecule has 0 aliphatic carbocycles. The lowest BCUT2D eigenvalue weighted by atomic mass is 10.1. The second kappa shape index (κ2) is 5.85. The zero-order chi connectivity index (χ0) is 15.7. The first-order valence-electron chi connectivity index (χ1n) is 7.14. The normalized spacial score (nSPS) is 22.0. The Bertz CT molecular complexity index is 552. The fourth-order valence-corrected chi connectivity index (χ4v) is 2.55. The molecule has 1 aliphatic rings. The van der Waals surface area contributed by atoms with Gasteiger partial charge in [-0.3, -0.25) is 9.48 Å². The molecule has 1 saturated heterocycles. The van der Waals surface area contributed by atoms with E-state index in [4.69, 9.17) is 0 Å². The standard InChI is InChI=1S/C14H21N3O4/c1-4-17-11(6-10(15-17)8(2)3)13(19)16-7-9(18)5-12(16)14(20)21/h6,8-9,12,18H,4-5,7H2,1-3H3,(H,20,21). The smallest absolute Gasteiger partial charge is 0.326 e. The van der Waals surface area contributed by atoms with Crippen LogP contribution in [0.4, 0.5) is 0 Å². The lowest BCUT2D eigenvalue weighted by Gasteiger charge is -2.21. The van der Waals surface area contributed by atoms with Crippen molar-refractivity contribution in [1.29, 1.82) is 0 Å². The molecule has 2 atom stereocenters. The Morgan fingerprint density at radius 3 is 2.67 bits per heavy atom. The van der Waals surface area contributed by atoms with Gasteiger partial charge in [-0.1, -0.05) is 13.8 Å². The second-order valence-corrected chi connectivity index (χ2v) is 5.63. The molecule has 2 rings (SSSR count). The van der Waals surface area contributed by atoms with Gasteiger partial charge in [0, 0.05) is 19.5 Å². The van der Waals surface area contributed by atoms with Gasteiger partial charge in [-0.15, -0.1) is 0 Å². The first-order valence-corrected chi connectivity index (χ1v) is 7.14. The van der Waals surface area contributed by atoms with Crippen LogP contribution in [0.2, 0.25) is 0 Å². The van der Waals surface area contributed by atoms with Crippen molar-refractivity contribution in [2.24, 2.45) is 0 Å². The molecule has 21 heavy (non-hydrogen) atoms. The maximum Gasteiger partial charge on any atom is 0.326 e. The number of β-amino-alcohol motifs (C(OH)–C–C–N with tert-alkyl or cyclic N) is 1. The molecule has 116 valence electrons. The van der Waals surface area contributed by atoms with Gasteiger partial charge >= 0.3 is 5.97 Å². The molecule has 0 radical (unpaired) electrons. The quantitative estimate of drug-likeness (QED) is 0.852. The largest absolute Gasteiger partial charge is 0.480 e. The van der Waals surface area contributed by atoms with E-state index in [0.717, 1.165) is 5.69 Å². The summed E-state index contributed by atoms with van der Waals surface area (Å²) in [4.78, 5) is 25.1. The topological polar surface area (TPSA) is 95.7 Å². The zero-order valence-electron chi connectivity index (χ0n) is 12.5. The molecular weight excluding hydrogens is 274 g/mol. The molecule has 0 aromatic carbocycles. The summed E-state index contributed by atoms with van der Waals surface area (Å²) in [6.07, 6.45) is -0.726. The predicted molar refractivity (Wildman–Crippen MR) is 75.1 cm³/mol. The van der Waals surface area contributed by atoms with Crippen molar-refractivity contribution in [3.63, 3.8) is 0 Å². The van der Waals surface area contributed by atoms with E-state index in [0.29, 0.717) is 12.2 Å². The number of carboxylic acid groups (broad SMARTS) is 1. The maximum absolute atomic E-state index is 12.6. The molecule has 1 aromatic rings. The van der Waals surface area contributed by atoms with Crippen LogP contribution >= 0.6 is 0 Å². The van der Waals surface area contributed by atoms with Crippen molar-refractivity contribution >= 4 is 11.9 Å². The summed E-state index contributed by atoms with van der Waals surface area (Å²) in [5, 5.41) is 23.2. The summed E-state index contributed by atoms with van der Waals surface area (Å²) in [6.45, 7) is 6.41. The van der Waals surface area contributed by atoms with Crippen LogP contribution in [0.15, 0.2) is 6.07 Å². The zero-order valence-corrected chi connectivity index (χ0v) is 12.5. The summed E-state index contributed by atoms with van der Waals surface area (Å²) in [7, 11) is 0. The maximum atomic E-state index is 12.6. The van der Waals surface area contributed by atoms with Crippen molar-refractivity contribution < 1.29 is 19.8 Å². The number of aromatic nitrogens is 2. The minimum absolute atomic E-state index is 0.0434. The summed E-state index contributed by atoms with van der Waals surface area (Å²) in [6, 6.07) is 0.732. The molecule has 0 saturated carbocycles. The van der Waals surface area contributed by atoms with E-state index in [-0.39, 0.29) is 24.8 Å². The van der Waals surface area contributed by atoms with Gasteiger partial charge in [0.1, 0.15) is 11.7 Å². The Kier molecular flexibility index (Phi) is 4.32. The van der Waals surface area contributed by atoms with Gasteiger partial charge in [0.05, 0.1) is 11.8 Å². The monoisotopic (exact) mass is 295 g/mol. The number of carbonyl (C=O) groups is 2. The lowest BCUT2D eigenvalue weighted by molar-refractivity contribution is -0.141. The molecule has 7 nitrogen and oxygen atoms in total. The highest BCUT2D eigenvalue weighted by Gasteiger charge is 2.40. The first-order chi connectivity index (χ1) is 9.85. The van der Waals surface area contributed by atoms with Gasteiger partial charge in [-0.2, -0.15) is 5.10 Å². The Hall–Kier alpha value is -1.89. The molecule has 1 amide bonds. The van der Waals surface area contributed by atoms with Crippen LogP contribution in [0.1, 0.15) is 49.3 Å². The Balaban J connectivity index is 2.33. The van der Waals surface area contributed by atoms with Crippen molar-refractivity contribution in [3.8, 4) is 0 Å². The van der Waals surface area contributed by atoms with E-state index in [1.165, 1.54) is 4.90 Å². The average molecular weight is 295 g/mol. The third kappa shape index (κ3) is 2.92. The van der Waals surface area contributed by atoms with Crippen molar-refractivity contribution in [1.82, 2.24) is 14.7 Å². The van der Waals surface area contributed by atoms with E-state index >= 15 is 0 Å². The number of aryl methyl sites for hydroxylation is 1. The highest BCUT2D eigenvalue weighted by molar-refractivity contribution is 5.95. The van der Waals surface area contributed by atoms with Crippen molar-refractivity contribution in [3.05, 3.63) is 17.5 Å². The number of rotatable bonds is 4. The summed E-state index contributed by atoms with van der Waals surface area (Å²) >= 11 is 0. The van der Waals surface area contributed by atoms with E-state index in [9.17, 15) is 19.8 Å². The summed E-state index contributed by atoms with van der Waals surface area (Å²) < 4.78 is 1.58. The Morgan fingerprint density at radius 2 is 2.14 bits per heavy atom. The third-order valence-electron chi connectivity index (χ3n) is 3.73. The van der Waals surface area contributed by atoms with Gasteiger partial charge in [0.2, 0.25) is 0 Å². The number of carboxylic acids is 1. The highest BCUT2D eigenvalue weighted by Crippen LogP contribution is 2.23. The molecule has 1 aliphatic heterocycles. The first kappa shape index (κ1) is 15.5. The molecule has 1 aromatic heterocycles. The molecule has 2 unspecified atom stereocenters. The van der Waals surface area contributed by atoms with Crippen molar-refractivity contribution in [2.45, 2.75) is 51.8 Å². The minimum Gasteiger partial charge on any atom is -0.480 e. The van der Waals surface area contributed by atoms with Crippen LogP contribution in [-0.2, 0) is 11.3 Å². The van der Waals surface area contributed by atoms with Gasteiger partial charge in [0.25, 0.3) is 5.91 Å². The number of aliphatic carboxylic acids is 1. The van der Waals surface area contributed by atoms with Crippen molar-refractivity contribution in [2.75, 3.05) is 6.54 Å². The predicted octanol–water partition coefficient (Wildman–Crippen LogP) is 0.686. The number of nitrogens with zero attached hydrogens (tertiary/aromatic N) is 3. The molecule has 0 spiro atoms. The Morgan fingerprint density at radius 1 is 1.48 bits per heavy atom. The van der Waals surface area contributed by atoms with Gasteiger partial charge in [-0.25, -0.2) is 4.79 Å². The molecule has 2 heterocycles. The van der Waals surface area contributed by atoms with E-state index in [2.05, 4.69) is 5.10 Å². The van der Waals surface area contributed by atoms with Gasteiger partial charge in [0.15, 0.2) is 0 Å². The van der Waals surface area contributed by atoms with Gasteiger partial charge in [-0.05, 0) is 18.9 Å². The minimum atomic E-state index is -1.09. The van der Waals surface area contributed by atoms with Crippen LogP contribution in [-0.4, -0.2) is 55.5 Å². The molecule has 0 bridgehead atoms. The van der Waals surface area contributed by atoms with Crippen LogP contribution in [0.3, 0.4) is 0 Å². The number of hydrogen-bond donors (Lipinski definition) is 2. The number of aliphatic hydroxyl groups is 1.